The van der Waals surface area contributed by atoms with Gasteiger partial charge in [0.2, 0.25) is 0 Å². The molecule has 2 aliphatic heterocycles. The molecule has 1 saturated heterocycles. The van der Waals surface area contributed by atoms with E-state index in [1.165, 1.54) is 25.3 Å². The number of amides is 2. The molecule has 3 rings (SSSR count). The summed E-state index contributed by atoms with van der Waals surface area (Å²) < 4.78 is 9.76. The van der Waals surface area contributed by atoms with E-state index in [1.54, 1.807) is 37.8 Å². The first-order valence-electron chi connectivity index (χ1n) is 9.92. The van der Waals surface area contributed by atoms with Crippen molar-refractivity contribution in [2.75, 3.05) is 20.8 Å². The lowest BCUT2D eigenvalue weighted by molar-refractivity contribution is -0.152. The van der Waals surface area contributed by atoms with Crippen LogP contribution in [0.1, 0.15) is 40.0 Å². The Labute approximate surface area is 171 Å². The summed E-state index contributed by atoms with van der Waals surface area (Å²) in [5.74, 6) is -0.419. The molecule has 0 aromatic carbocycles. The number of esters is 1. The Kier molecular flexibility index (Phi) is 5.51. The molecule has 4 atom stereocenters. The predicted molar refractivity (Wildman–Crippen MR) is 105 cm³/mol. The van der Waals surface area contributed by atoms with Crippen LogP contribution in [-0.4, -0.2) is 71.3 Å². The molecule has 0 radical (unpaired) electrons. The van der Waals surface area contributed by atoms with Gasteiger partial charge in [-0.1, -0.05) is 6.08 Å². The number of methoxy groups -OCH3 is 2. The predicted octanol–water partition coefficient (Wildman–Crippen LogP) is 1.84. The minimum absolute atomic E-state index is 0.222. The van der Waals surface area contributed by atoms with Crippen LogP contribution in [0.15, 0.2) is 23.9 Å². The molecule has 1 aliphatic carbocycles. The molecule has 2 fully saturated rings. The first-order valence-corrected chi connectivity index (χ1v) is 9.92. The van der Waals surface area contributed by atoms with Gasteiger partial charge in [-0.25, -0.2) is 4.79 Å². The highest BCUT2D eigenvalue weighted by Crippen LogP contribution is 2.44. The highest BCUT2D eigenvalue weighted by molar-refractivity contribution is 5.97. The second-order valence-corrected chi connectivity index (χ2v) is 8.87. The topological polar surface area (TPSA) is 96.4 Å². The smallest absolute Gasteiger partial charge is 0.414 e. The molecule has 160 valence electrons. The van der Waals surface area contributed by atoms with Crippen molar-refractivity contribution in [3.05, 3.63) is 23.9 Å². The molecular formula is C21H30N2O6. The molecule has 0 spiro atoms. The zero-order valence-corrected chi connectivity index (χ0v) is 17.7. The third-order valence-electron chi connectivity index (χ3n) is 6.56. The SMILES string of the molecule is COC(=O)N1C=C(C(=O)N2CC[C@H]3CC[C@@](C)(O)[C@H]32)C=C[C@H]1C(C)(C)C(=O)OC. The summed E-state index contributed by atoms with van der Waals surface area (Å²) in [6.45, 7) is 5.70. The van der Waals surface area contributed by atoms with E-state index in [9.17, 15) is 19.5 Å². The highest BCUT2D eigenvalue weighted by Gasteiger charge is 2.52. The van der Waals surface area contributed by atoms with Gasteiger partial charge in [-0.3, -0.25) is 14.5 Å². The summed E-state index contributed by atoms with van der Waals surface area (Å²) in [5, 5.41) is 10.7. The number of fused-ring (bicyclic) bond motifs is 1. The fourth-order valence-electron chi connectivity index (χ4n) is 4.95. The average molecular weight is 406 g/mol. The van der Waals surface area contributed by atoms with Crippen molar-refractivity contribution in [3.63, 3.8) is 0 Å². The van der Waals surface area contributed by atoms with Crippen molar-refractivity contribution in [1.29, 1.82) is 0 Å². The first-order chi connectivity index (χ1) is 13.5. The van der Waals surface area contributed by atoms with Crippen LogP contribution in [-0.2, 0) is 19.1 Å². The van der Waals surface area contributed by atoms with Crippen molar-refractivity contribution in [2.24, 2.45) is 11.3 Å². The molecule has 0 aromatic rings. The van der Waals surface area contributed by atoms with Crippen LogP contribution >= 0.6 is 0 Å². The van der Waals surface area contributed by atoms with Crippen LogP contribution < -0.4 is 0 Å². The molecule has 0 aromatic heterocycles. The fraction of sp³-hybridized carbons (Fsp3) is 0.667. The van der Waals surface area contributed by atoms with Crippen LogP contribution in [0, 0.1) is 11.3 Å². The van der Waals surface area contributed by atoms with E-state index in [2.05, 4.69) is 0 Å². The van der Waals surface area contributed by atoms with Crippen LogP contribution in [0.2, 0.25) is 0 Å². The Morgan fingerprint density at radius 2 is 1.90 bits per heavy atom. The number of hydrogen-bond acceptors (Lipinski definition) is 6. The standard InChI is InChI=1S/C21H30N2O6/c1-20(2,18(25)28-4)15-7-6-14(12-23(15)19(26)29-5)17(24)22-11-9-13-8-10-21(3,27)16(13)22/h6-7,12-13,15-16,27H,8-11H2,1-5H3/t13-,15+,16+,21-/m1/s1. The van der Waals surface area contributed by atoms with Crippen molar-refractivity contribution in [3.8, 4) is 0 Å². The summed E-state index contributed by atoms with van der Waals surface area (Å²) >= 11 is 0. The number of rotatable bonds is 3. The fourth-order valence-corrected chi connectivity index (χ4v) is 4.95. The van der Waals surface area contributed by atoms with Crippen LogP contribution in [0.4, 0.5) is 4.79 Å². The molecular weight excluding hydrogens is 376 g/mol. The molecule has 2 heterocycles. The largest absolute Gasteiger partial charge is 0.469 e. The third kappa shape index (κ3) is 3.54. The molecule has 1 N–H and O–H groups in total. The van der Waals surface area contributed by atoms with Crippen molar-refractivity contribution in [2.45, 2.75) is 57.7 Å². The molecule has 29 heavy (non-hydrogen) atoms. The molecule has 3 aliphatic rings. The number of hydrogen-bond donors (Lipinski definition) is 1. The lowest BCUT2D eigenvalue weighted by Crippen LogP contribution is -2.51. The summed E-state index contributed by atoms with van der Waals surface area (Å²) in [6, 6.07) is -0.889. The second kappa shape index (κ2) is 7.48. The van der Waals surface area contributed by atoms with Gasteiger partial charge in [0.15, 0.2) is 0 Å². The first kappa shape index (κ1) is 21.4. The van der Waals surface area contributed by atoms with Gasteiger partial charge in [-0.2, -0.15) is 0 Å². The van der Waals surface area contributed by atoms with Crippen LogP contribution in [0.25, 0.3) is 0 Å². The van der Waals surface area contributed by atoms with Gasteiger partial charge in [-0.15, -0.1) is 0 Å². The van der Waals surface area contributed by atoms with Crippen molar-refractivity contribution in [1.82, 2.24) is 9.80 Å². The molecule has 8 heteroatoms. The molecule has 1 saturated carbocycles. The van der Waals surface area contributed by atoms with Crippen LogP contribution in [0.5, 0.6) is 0 Å². The Morgan fingerprint density at radius 1 is 1.21 bits per heavy atom. The molecule has 8 nitrogen and oxygen atoms in total. The van der Waals surface area contributed by atoms with Gasteiger partial charge >= 0.3 is 12.1 Å². The summed E-state index contributed by atoms with van der Waals surface area (Å²) in [4.78, 5) is 40.9. The minimum atomic E-state index is -1.04. The van der Waals surface area contributed by atoms with Crippen molar-refractivity contribution >= 4 is 18.0 Å². The normalized spacial score (nSPS) is 31.4. The van der Waals surface area contributed by atoms with Gasteiger partial charge in [0.1, 0.15) is 0 Å². The summed E-state index contributed by atoms with van der Waals surface area (Å²) in [7, 11) is 2.54. The van der Waals surface area contributed by atoms with E-state index in [1.807, 2.05) is 0 Å². The van der Waals surface area contributed by atoms with Crippen LogP contribution in [0.3, 0.4) is 0 Å². The van der Waals surface area contributed by atoms with E-state index >= 15 is 0 Å². The van der Waals surface area contributed by atoms with Gasteiger partial charge in [0.25, 0.3) is 5.91 Å². The lowest BCUT2D eigenvalue weighted by Gasteiger charge is -2.39. The van der Waals surface area contributed by atoms with Gasteiger partial charge in [-0.05, 0) is 52.0 Å². The Balaban J connectivity index is 1.89. The minimum Gasteiger partial charge on any atom is -0.469 e. The van der Waals surface area contributed by atoms with Gasteiger partial charge < -0.3 is 19.5 Å². The van der Waals surface area contributed by atoms with E-state index in [-0.39, 0.29) is 11.9 Å². The zero-order valence-electron chi connectivity index (χ0n) is 17.7. The maximum absolute atomic E-state index is 13.3. The van der Waals surface area contributed by atoms with Crippen molar-refractivity contribution < 1.29 is 29.0 Å². The average Bonchev–Trinajstić information content (AvgIpc) is 3.26. The molecule has 2 amide bonds. The van der Waals surface area contributed by atoms with Gasteiger partial charge in [0, 0.05) is 12.7 Å². The second-order valence-electron chi connectivity index (χ2n) is 8.87. The molecule has 0 unspecified atom stereocenters. The van der Waals surface area contributed by atoms with E-state index in [0.29, 0.717) is 24.5 Å². The maximum atomic E-state index is 13.3. The highest BCUT2D eigenvalue weighted by atomic mass is 16.5. The Hall–Kier alpha value is -2.35. The van der Waals surface area contributed by atoms with E-state index in [0.717, 1.165) is 12.8 Å². The summed E-state index contributed by atoms with van der Waals surface area (Å²) in [5.41, 5.74) is -1.64. The molecule has 0 bridgehead atoms. The number of likely N-dealkylation sites (tertiary alicyclic amines) is 1. The Bertz CT molecular complexity index is 769. The number of carbonyl (C=O) groups excluding carboxylic acids is 3. The zero-order chi connectivity index (χ0) is 21.6. The monoisotopic (exact) mass is 406 g/mol. The number of nitrogens with zero attached hydrogens (tertiary/aromatic N) is 2. The maximum Gasteiger partial charge on any atom is 0.414 e. The lowest BCUT2D eigenvalue weighted by atomic mass is 9.82. The van der Waals surface area contributed by atoms with E-state index < -0.39 is 29.1 Å². The number of ether oxygens (including phenoxy) is 2. The third-order valence-corrected chi connectivity index (χ3v) is 6.56. The summed E-state index contributed by atoms with van der Waals surface area (Å²) in [6.07, 6.45) is 6.48. The Morgan fingerprint density at radius 3 is 2.52 bits per heavy atom. The van der Waals surface area contributed by atoms with Gasteiger partial charge in [0.05, 0.1) is 42.9 Å². The quantitative estimate of drug-likeness (QED) is 0.719. The number of aliphatic hydroxyl groups is 1. The number of carbonyl (C=O) groups is 3. The van der Waals surface area contributed by atoms with E-state index in [4.69, 9.17) is 9.47 Å².